The molecule has 0 radical (unpaired) electrons. The van der Waals surface area contributed by atoms with Crippen molar-refractivity contribution in [1.82, 2.24) is 10.2 Å². The van der Waals surface area contributed by atoms with Gasteiger partial charge in [0.25, 0.3) is 0 Å². The molecule has 22 heavy (non-hydrogen) atoms. The molecule has 1 aliphatic carbocycles. The molecule has 122 valence electrons. The number of hydrogen-bond donors (Lipinski definition) is 2. The molecule has 1 aliphatic rings. The van der Waals surface area contributed by atoms with Crippen LogP contribution in [0.4, 0.5) is 0 Å². The average Bonchev–Trinajstić information content (AvgIpc) is 2.53. The van der Waals surface area contributed by atoms with Gasteiger partial charge in [-0.1, -0.05) is 49.1 Å². The van der Waals surface area contributed by atoms with Gasteiger partial charge < -0.3 is 16.0 Å². The maximum atomic E-state index is 12.4. The zero-order chi connectivity index (χ0) is 16.2. The summed E-state index contributed by atoms with van der Waals surface area (Å²) in [6.07, 6.45) is 6.04. The molecule has 0 spiro atoms. The van der Waals surface area contributed by atoms with Gasteiger partial charge in [0.05, 0.1) is 0 Å². The van der Waals surface area contributed by atoms with E-state index in [0.717, 1.165) is 18.4 Å². The first kappa shape index (κ1) is 17.0. The van der Waals surface area contributed by atoms with Crippen molar-refractivity contribution in [2.24, 2.45) is 5.73 Å². The summed E-state index contributed by atoms with van der Waals surface area (Å²) in [5.74, 6) is -0.0874. The van der Waals surface area contributed by atoms with Gasteiger partial charge in [-0.2, -0.15) is 0 Å². The third kappa shape index (κ3) is 3.87. The van der Waals surface area contributed by atoms with E-state index in [2.05, 4.69) is 24.3 Å². The zero-order valence-electron chi connectivity index (χ0n) is 14.1. The molecule has 1 unspecified atom stereocenters. The normalized spacial score (nSPS) is 19.0. The first-order valence-electron chi connectivity index (χ1n) is 8.22. The summed E-state index contributed by atoms with van der Waals surface area (Å²) < 4.78 is 0. The molecule has 1 aromatic carbocycles. The van der Waals surface area contributed by atoms with Crippen LogP contribution in [-0.2, 0) is 4.79 Å². The fourth-order valence-electron chi connectivity index (χ4n) is 3.28. The fourth-order valence-corrected chi connectivity index (χ4v) is 3.28. The predicted octanol–water partition coefficient (Wildman–Crippen LogP) is 2.38. The molecular weight excluding hydrogens is 274 g/mol. The molecule has 0 bridgehead atoms. The Kier molecular flexibility index (Phi) is 5.59. The Morgan fingerprint density at radius 2 is 1.82 bits per heavy atom. The highest BCUT2D eigenvalue weighted by Crippen LogP contribution is 2.31. The number of carbonyl (C=O) groups is 1. The number of rotatable bonds is 5. The molecule has 0 heterocycles. The minimum Gasteiger partial charge on any atom is -0.353 e. The first-order valence-corrected chi connectivity index (χ1v) is 8.22. The van der Waals surface area contributed by atoms with E-state index >= 15 is 0 Å². The molecule has 1 amide bonds. The molecule has 3 N–H and O–H groups in total. The highest BCUT2D eigenvalue weighted by atomic mass is 16.2. The van der Waals surface area contributed by atoms with E-state index in [1.54, 1.807) is 0 Å². The fraction of sp³-hybridized carbons (Fsp3) is 0.611. The molecule has 4 nitrogen and oxygen atoms in total. The van der Waals surface area contributed by atoms with Gasteiger partial charge in [-0.3, -0.25) is 4.79 Å². The van der Waals surface area contributed by atoms with E-state index in [1.807, 2.05) is 31.2 Å². The quantitative estimate of drug-likeness (QED) is 0.878. The summed E-state index contributed by atoms with van der Waals surface area (Å²) in [4.78, 5) is 14.6. The van der Waals surface area contributed by atoms with Gasteiger partial charge in [-0.05, 0) is 39.4 Å². The van der Waals surface area contributed by atoms with Gasteiger partial charge in [0, 0.05) is 12.1 Å². The van der Waals surface area contributed by atoms with Crippen LogP contribution >= 0.6 is 0 Å². The van der Waals surface area contributed by atoms with Crippen LogP contribution in [0.5, 0.6) is 0 Å². The van der Waals surface area contributed by atoms with Gasteiger partial charge >= 0.3 is 0 Å². The topological polar surface area (TPSA) is 58.4 Å². The molecule has 1 saturated carbocycles. The summed E-state index contributed by atoms with van der Waals surface area (Å²) in [6.45, 7) is 2.71. The van der Waals surface area contributed by atoms with Crippen molar-refractivity contribution in [3.05, 3.63) is 35.4 Å². The van der Waals surface area contributed by atoms with Gasteiger partial charge in [0.2, 0.25) is 5.91 Å². The van der Waals surface area contributed by atoms with Crippen LogP contribution < -0.4 is 11.1 Å². The Labute approximate surface area is 134 Å². The van der Waals surface area contributed by atoms with Gasteiger partial charge in [0.1, 0.15) is 6.04 Å². The highest BCUT2D eigenvalue weighted by molar-refractivity contribution is 5.83. The molecular formula is C18H29N3O. The summed E-state index contributed by atoms with van der Waals surface area (Å²) in [6, 6.07) is 7.25. The van der Waals surface area contributed by atoms with Crippen LogP contribution in [0.15, 0.2) is 24.3 Å². The summed E-state index contributed by atoms with van der Waals surface area (Å²) in [5, 5.41) is 3.08. The number of hydrogen-bond acceptors (Lipinski definition) is 3. The Balaban J connectivity index is 1.97. The number of likely N-dealkylation sites (N-methyl/N-ethyl adjacent to an activating group) is 1. The predicted molar refractivity (Wildman–Crippen MR) is 90.6 cm³/mol. The van der Waals surface area contributed by atoms with Crippen LogP contribution in [0.1, 0.15) is 49.3 Å². The standard InChI is InChI=1S/C18H29N3O/c1-14-7-9-15(10-8-14)16(19)17(22)20-13-18(21(2)3)11-5-4-6-12-18/h7-10,16H,4-6,11-13,19H2,1-3H3,(H,20,22). The lowest BCUT2D eigenvalue weighted by molar-refractivity contribution is -0.123. The van der Waals surface area contributed by atoms with Crippen LogP contribution in [0, 0.1) is 6.92 Å². The first-order chi connectivity index (χ1) is 10.4. The van der Waals surface area contributed by atoms with Crippen LogP contribution in [0.25, 0.3) is 0 Å². The van der Waals surface area contributed by atoms with Crippen LogP contribution in [-0.4, -0.2) is 37.0 Å². The number of nitrogens with two attached hydrogens (primary N) is 1. The molecule has 1 fully saturated rings. The van der Waals surface area contributed by atoms with Gasteiger partial charge in [0.15, 0.2) is 0 Å². The minimum absolute atomic E-state index is 0.0842. The SMILES string of the molecule is Cc1ccc(C(N)C(=O)NCC2(N(C)C)CCCCC2)cc1. The van der Waals surface area contributed by atoms with Crippen molar-refractivity contribution in [3.63, 3.8) is 0 Å². The number of nitrogens with zero attached hydrogens (tertiary/aromatic N) is 1. The van der Waals surface area contributed by atoms with Crippen molar-refractivity contribution in [2.75, 3.05) is 20.6 Å². The number of benzene rings is 1. The number of nitrogens with one attached hydrogen (secondary N) is 1. The van der Waals surface area contributed by atoms with Gasteiger partial charge in [-0.25, -0.2) is 0 Å². The molecule has 0 aromatic heterocycles. The number of amides is 1. The Hall–Kier alpha value is -1.39. The lowest BCUT2D eigenvalue weighted by atomic mass is 9.80. The van der Waals surface area contributed by atoms with E-state index in [1.165, 1.54) is 24.8 Å². The highest BCUT2D eigenvalue weighted by Gasteiger charge is 2.34. The second-order valence-electron chi connectivity index (χ2n) is 6.79. The van der Waals surface area contributed by atoms with Gasteiger partial charge in [-0.15, -0.1) is 0 Å². The maximum Gasteiger partial charge on any atom is 0.241 e. The third-order valence-corrected chi connectivity index (χ3v) is 5.04. The second-order valence-corrected chi connectivity index (χ2v) is 6.79. The molecule has 2 rings (SSSR count). The van der Waals surface area contributed by atoms with Crippen molar-refractivity contribution in [3.8, 4) is 0 Å². The molecule has 4 heteroatoms. The minimum atomic E-state index is -0.594. The zero-order valence-corrected chi connectivity index (χ0v) is 14.1. The number of carbonyl (C=O) groups excluding carboxylic acids is 1. The maximum absolute atomic E-state index is 12.4. The van der Waals surface area contributed by atoms with Crippen molar-refractivity contribution >= 4 is 5.91 Å². The molecule has 0 aliphatic heterocycles. The third-order valence-electron chi connectivity index (χ3n) is 5.04. The van der Waals surface area contributed by atoms with E-state index in [0.29, 0.717) is 6.54 Å². The van der Waals surface area contributed by atoms with E-state index in [-0.39, 0.29) is 11.4 Å². The average molecular weight is 303 g/mol. The summed E-state index contributed by atoms with van der Waals surface area (Å²) in [7, 11) is 4.22. The van der Waals surface area contributed by atoms with Crippen molar-refractivity contribution in [2.45, 2.75) is 50.6 Å². The van der Waals surface area contributed by atoms with Crippen LogP contribution in [0.2, 0.25) is 0 Å². The van der Waals surface area contributed by atoms with Crippen LogP contribution in [0.3, 0.4) is 0 Å². The van der Waals surface area contributed by atoms with E-state index in [4.69, 9.17) is 5.73 Å². The Morgan fingerprint density at radius 3 is 2.36 bits per heavy atom. The summed E-state index contributed by atoms with van der Waals surface area (Å²) in [5.41, 5.74) is 8.22. The van der Waals surface area contributed by atoms with Crippen molar-refractivity contribution < 1.29 is 4.79 Å². The van der Waals surface area contributed by atoms with Crippen molar-refractivity contribution in [1.29, 1.82) is 0 Å². The van der Waals surface area contributed by atoms with E-state index in [9.17, 15) is 4.79 Å². The summed E-state index contributed by atoms with van der Waals surface area (Å²) >= 11 is 0. The molecule has 1 aromatic rings. The Morgan fingerprint density at radius 1 is 1.23 bits per heavy atom. The largest absolute Gasteiger partial charge is 0.353 e. The lowest BCUT2D eigenvalue weighted by Gasteiger charge is -2.43. The Bertz CT molecular complexity index is 490. The number of aryl methyl sites for hydroxylation is 1. The molecule has 1 atom stereocenters. The van der Waals surface area contributed by atoms with E-state index < -0.39 is 6.04 Å². The second kappa shape index (κ2) is 7.25. The smallest absolute Gasteiger partial charge is 0.241 e. The monoisotopic (exact) mass is 303 g/mol. The lowest BCUT2D eigenvalue weighted by Crippen LogP contribution is -2.54. The molecule has 0 saturated heterocycles.